The first-order valence-corrected chi connectivity index (χ1v) is 10.2. The number of benzene rings is 2. The molecule has 1 atom stereocenters. The van der Waals surface area contributed by atoms with E-state index in [1.807, 2.05) is 30.3 Å². The number of rotatable bonds is 3. The lowest BCUT2D eigenvalue weighted by molar-refractivity contribution is -0.117. The van der Waals surface area contributed by atoms with Crippen molar-refractivity contribution >= 4 is 34.2 Å². The molecule has 3 heterocycles. The number of hydrogen-bond acceptors (Lipinski definition) is 6. The zero-order valence-corrected chi connectivity index (χ0v) is 17.6. The lowest BCUT2D eigenvalue weighted by Crippen LogP contribution is -2.24. The Labute approximate surface area is 182 Å². The highest BCUT2D eigenvalue weighted by atomic mass is 35.5. The number of amides is 1. The maximum Gasteiger partial charge on any atom is 0.272 e. The number of halogens is 1. The SMILES string of the molecule is Cc1nc2cc(-c3noc([C@H]4CC(=O)N(c5cccc(Cl)c5)C4)n3)ccc2n(C)c1=O. The van der Waals surface area contributed by atoms with E-state index in [4.69, 9.17) is 16.1 Å². The number of nitrogens with zero attached hydrogens (tertiary/aromatic N) is 5. The molecule has 1 aliphatic heterocycles. The minimum absolute atomic E-state index is 0.0154. The highest BCUT2D eigenvalue weighted by molar-refractivity contribution is 6.30. The van der Waals surface area contributed by atoms with Crippen LogP contribution < -0.4 is 10.5 Å². The van der Waals surface area contributed by atoms with Crippen LogP contribution in [0.15, 0.2) is 51.8 Å². The topological polar surface area (TPSA) is 94.1 Å². The Morgan fingerprint density at radius 3 is 2.77 bits per heavy atom. The summed E-state index contributed by atoms with van der Waals surface area (Å²) in [7, 11) is 1.72. The number of carbonyl (C=O) groups is 1. The third kappa shape index (κ3) is 3.38. The van der Waals surface area contributed by atoms with Crippen LogP contribution in [0.1, 0.15) is 23.9 Å². The van der Waals surface area contributed by atoms with Crippen molar-refractivity contribution in [3.05, 3.63) is 69.4 Å². The second-order valence-electron chi connectivity index (χ2n) is 7.61. The van der Waals surface area contributed by atoms with Gasteiger partial charge in [0, 0.05) is 36.3 Å². The molecule has 5 rings (SSSR count). The van der Waals surface area contributed by atoms with E-state index >= 15 is 0 Å². The van der Waals surface area contributed by atoms with Crippen molar-refractivity contribution < 1.29 is 9.32 Å². The molecule has 0 radical (unpaired) electrons. The van der Waals surface area contributed by atoms with E-state index in [-0.39, 0.29) is 23.8 Å². The predicted octanol–water partition coefficient (Wildman–Crippen LogP) is 3.47. The summed E-state index contributed by atoms with van der Waals surface area (Å²) in [6, 6.07) is 12.7. The molecule has 8 nitrogen and oxygen atoms in total. The van der Waals surface area contributed by atoms with Crippen LogP contribution in [0.5, 0.6) is 0 Å². The Morgan fingerprint density at radius 2 is 1.97 bits per heavy atom. The van der Waals surface area contributed by atoms with E-state index in [1.165, 1.54) is 0 Å². The summed E-state index contributed by atoms with van der Waals surface area (Å²) in [4.78, 5) is 35.2. The van der Waals surface area contributed by atoms with Crippen molar-refractivity contribution in [1.82, 2.24) is 19.7 Å². The number of fused-ring (bicyclic) bond motifs is 1. The molecule has 4 aromatic rings. The quantitative estimate of drug-likeness (QED) is 0.489. The molecular formula is C22H18ClN5O3. The molecule has 0 spiro atoms. The minimum Gasteiger partial charge on any atom is -0.339 e. The number of aromatic nitrogens is 4. The zero-order chi connectivity index (χ0) is 21.7. The molecular weight excluding hydrogens is 418 g/mol. The van der Waals surface area contributed by atoms with Gasteiger partial charge >= 0.3 is 0 Å². The second kappa shape index (κ2) is 7.31. The lowest BCUT2D eigenvalue weighted by Gasteiger charge is -2.16. The smallest absolute Gasteiger partial charge is 0.272 e. The first-order chi connectivity index (χ1) is 14.9. The van der Waals surface area contributed by atoms with Crippen molar-refractivity contribution in [2.75, 3.05) is 11.4 Å². The fourth-order valence-corrected chi connectivity index (χ4v) is 4.09. The van der Waals surface area contributed by atoms with E-state index < -0.39 is 0 Å². The van der Waals surface area contributed by atoms with Crippen LogP contribution in [0.3, 0.4) is 0 Å². The number of aryl methyl sites for hydroxylation is 2. The highest BCUT2D eigenvalue weighted by Gasteiger charge is 2.35. The third-order valence-electron chi connectivity index (χ3n) is 5.53. The van der Waals surface area contributed by atoms with Gasteiger partial charge in [0.1, 0.15) is 5.69 Å². The Balaban J connectivity index is 1.43. The van der Waals surface area contributed by atoms with Gasteiger partial charge in [-0.05, 0) is 43.3 Å². The molecule has 156 valence electrons. The number of anilines is 1. The Kier molecular flexibility index (Phi) is 4.59. The van der Waals surface area contributed by atoms with E-state index in [0.29, 0.717) is 34.5 Å². The molecule has 0 unspecified atom stereocenters. The van der Waals surface area contributed by atoms with Crippen molar-refractivity contribution in [3.8, 4) is 11.4 Å². The Bertz CT molecular complexity index is 1390. The fourth-order valence-electron chi connectivity index (χ4n) is 3.90. The Hall–Kier alpha value is -3.52. The summed E-state index contributed by atoms with van der Waals surface area (Å²) >= 11 is 6.06. The molecule has 9 heteroatoms. The number of carbonyl (C=O) groups excluding carboxylic acids is 1. The maximum absolute atomic E-state index is 12.5. The molecule has 0 N–H and O–H groups in total. The number of hydrogen-bond donors (Lipinski definition) is 0. The van der Waals surface area contributed by atoms with Crippen molar-refractivity contribution in [2.24, 2.45) is 7.05 Å². The van der Waals surface area contributed by atoms with Gasteiger partial charge in [-0.25, -0.2) is 4.98 Å². The van der Waals surface area contributed by atoms with Crippen LogP contribution in [0.4, 0.5) is 5.69 Å². The molecule has 1 amide bonds. The molecule has 2 aromatic heterocycles. The summed E-state index contributed by atoms with van der Waals surface area (Å²) in [6.45, 7) is 2.13. The van der Waals surface area contributed by atoms with Gasteiger partial charge in [0.25, 0.3) is 5.56 Å². The molecule has 2 aromatic carbocycles. The predicted molar refractivity (Wildman–Crippen MR) is 116 cm³/mol. The third-order valence-corrected chi connectivity index (χ3v) is 5.77. The largest absolute Gasteiger partial charge is 0.339 e. The summed E-state index contributed by atoms with van der Waals surface area (Å²) in [6.07, 6.45) is 0.286. The van der Waals surface area contributed by atoms with Crippen LogP contribution in [0, 0.1) is 6.92 Å². The van der Waals surface area contributed by atoms with Crippen molar-refractivity contribution in [3.63, 3.8) is 0 Å². The molecule has 1 aliphatic rings. The van der Waals surface area contributed by atoms with Gasteiger partial charge < -0.3 is 14.0 Å². The van der Waals surface area contributed by atoms with E-state index in [0.717, 1.165) is 16.8 Å². The zero-order valence-electron chi connectivity index (χ0n) is 16.9. The van der Waals surface area contributed by atoms with E-state index in [2.05, 4.69) is 15.1 Å². The first kappa shape index (κ1) is 19.4. The summed E-state index contributed by atoms with van der Waals surface area (Å²) < 4.78 is 7.06. The average molecular weight is 436 g/mol. The molecule has 1 fully saturated rings. The summed E-state index contributed by atoms with van der Waals surface area (Å²) in [5.41, 5.74) is 3.17. The van der Waals surface area contributed by atoms with E-state index in [1.54, 1.807) is 35.6 Å². The summed E-state index contributed by atoms with van der Waals surface area (Å²) in [5, 5.41) is 4.68. The maximum atomic E-state index is 12.5. The van der Waals surface area contributed by atoms with Gasteiger partial charge in [-0.15, -0.1) is 0 Å². The van der Waals surface area contributed by atoms with Gasteiger partial charge in [0.2, 0.25) is 17.6 Å². The summed E-state index contributed by atoms with van der Waals surface area (Å²) in [5.74, 6) is 0.615. The van der Waals surface area contributed by atoms with Crippen LogP contribution in [-0.4, -0.2) is 32.1 Å². The molecule has 31 heavy (non-hydrogen) atoms. The average Bonchev–Trinajstić information content (AvgIpc) is 3.39. The van der Waals surface area contributed by atoms with Crippen LogP contribution in [0.25, 0.3) is 22.4 Å². The Morgan fingerprint density at radius 1 is 1.13 bits per heavy atom. The first-order valence-electron chi connectivity index (χ1n) is 9.78. The van der Waals surface area contributed by atoms with E-state index in [9.17, 15) is 9.59 Å². The monoisotopic (exact) mass is 435 g/mol. The van der Waals surface area contributed by atoms with Gasteiger partial charge in [-0.1, -0.05) is 22.8 Å². The van der Waals surface area contributed by atoms with Gasteiger partial charge in [-0.3, -0.25) is 9.59 Å². The van der Waals surface area contributed by atoms with Gasteiger partial charge in [0.15, 0.2) is 0 Å². The highest BCUT2D eigenvalue weighted by Crippen LogP contribution is 2.33. The molecule has 1 saturated heterocycles. The van der Waals surface area contributed by atoms with Gasteiger partial charge in [-0.2, -0.15) is 4.98 Å². The second-order valence-corrected chi connectivity index (χ2v) is 8.04. The lowest BCUT2D eigenvalue weighted by atomic mass is 10.1. The van der Waals surface area contributed by atoms with Gasteiger partial charge in [0.05, 0.1) is 17.0 Å². The molecule has 0 bridgehead atoms. The van der Waals surface area contributed by atoms with Crippen LogP contribution in [-0.2, 0) is 11.8 Å². The van der Waals surface area contributed by atoms with Crippen molar-refractivity contribution in [2.45, 2.75) is 19.3 Å². The normalized spacial score (nSPS) is 16.4. The minimum atomic E-state index is -0.200. The molecule has 0 saturated carbocycles. The van der Waals surface area contributed by atoms with Crippen LogP contribution in [0.2, 0.25) is 5.02 Å². The van der Waals surface area contributed by atoms with Crippen molar-refractivity contribution in [1.29, 1.82) is 0 Å². The van der Waals surface area contributed by atoms with Crippen LogP contribution >= 0.6 is 11.6 Å². The standard InChI is InChI=1S/C22H18ClN5O3/c1-12-22(30)27(2)18-7-6-13(8-17(18)24-12)20-25-21(31-26-20)14-9-19(29)28(11-14)16-5-3-4-15(23)10-16/h3-8,10,14H,9,11H2,1-2H3/t14-/m0/s1. The molecule has 0 aliphatic carbocycles. The fraction of sp³-hybridized carbons (Fsp3) is 0.227.